The standard InChI is InChI=1S/C105H85BN2O3/c1-101(2,3)74-58-76(66-35-17-11-18-36-66)99(77(59-74)67-37-19-12-20-38-67)107-88-64-96-83(103(7,8)80-47-29-32-50-92(80)110-96)62-86(88)106-87-63-84-97(111-93-51-33-30-48-81(93)104(84,9)10)65-89(87)108(100-78(68-39-21-13-22-40-68)60-75(102(4,5)6)61-79(100)69-41-23-14-24-42-69)91-57-71(56-90(107)98(91)106)70-53-54-95-85(55-70)105(72-43-25-15-26-44-72,73-45-27-16-28-46-73)82-49-31-34-52-94(82)109-95/h11-65H,1-10H3. The van der Waals surface area contributed by atoms with Crippen LogP contribution in [0.1, 0.15) is 125 Å². The second kappa shape index (κ2) is 25.2. The summed E-state index contributed by atoms with van der Waals surface area (Å²) in [5.74, 6) is 5.02. The molecule has 5 aliphatic rings. The molecule has 0 N–H and O–H groups in total. The fraction of sp³-hybridized carbons (Fsp3) is 0.143. The minimum atomic E-state index is -0.808. The van der Waals surface area contributed by atoms with Crippen LogP contribution in [0, 0.1) is 0 Å². The van der Waals surface area contributed by atoms with Crippen LogP contribution in [0.25, 0.3) is 55.6 Å². The molecule has 536 valence electrons. The van der Waals surface area contributed by atoms with Crippen molar-refractivity contribution in [1.82, 2.24) is 0 Å². The van der Waals surface area contributed by atoms with Crippen LogP contribution in [0.15, 0.2) is 334 Å². The second-order valence-corrected chi connectivity index (χ2v) is 33.9. The third kappa shape index (κ3) is 10.6. The van der Waals surface area contributed by atoms with Crippen molar-refractivity contribution in [3.63, 3.8) is 0 Å². The molecule has 20 rings (SSSR count). The van der Waals surface area contributed by atoms with E-state index in [1.54, 1.807) is 0 Å². The maximum atomic E-state index is 7.47. The number of nitrogens with zero attached hydrogens (tertiary/aromatic N) is 2. The van der Waals surface area contributed by atoms with Gasteiger partial charge in [0.05, 0.1) is 16.8 Å². The average Bonchev–Trinajstić information content (AvgIpc) is 0.678. The Morgan fingerprint density at radius 2 is 0.586 bits per heavy atom. The lowest BCUT2D eigenvalue weighted by atomic mass is 9.33. The fourth-order valence-electron chi connectivity index (χ4n) is 18.9. The minimum Gasteiger partial charge on any atom is -0.457 e. The van der Waals surface area contributed by atoms with Gasteiger partial charge in [0, 0.05) is 101 Å². The lowest BCUT2D eigenvalue weighted by Gasteiger charge is -2.47. The quantitative estimate of drug-likeness (QED) is 0.135. The Hall–Kier alpha value is -12.6. The first kappa shape index (κ1) is 67.7. The third-order valence-electron chi connectivity index (χ3n) is 24.6. The normalized spacial score (nSPS) is 14.8. The summed E-state index contributed by atoms with van der Waals surface area (Å²) in [5, 5.41) is 0. The number of ether oxygens (including phenoxy) is 3. The summed E-state index contributed by atoms with van der Waals surface area (Å²) in [4.78, 5) is 5.37. The summed E-state index contributed by atoms with van der Waals surface area (Å²) < 4.78 is 22.2. The van der Waals surface area contributed by atoms with Crippen molar-refractivity contribution in [2.75, 3.05) is 9.80 Å². The first-order chi connectivity index (χ1) is 53.8. The van der Waals surface area contributed by atoms with Gasteiger partial charge in [-0.05, 0) is 150 Å². The number of anilines is 6. The lowest BCUT2D eigenvalue weighted by molar-refractivity contribution is 0.418. The summed E-state index contributed by atoms with van der Waals surface area (Å²) in [6.45, 7) is 23.2. The van der Waals surface area contributed by atoms with Crippen molar-refractivity contribution in [3.8, 4) is 90.1 Å². The Bertz CT molecular complexity index is 5810. The van der Waals surface area contributed by atoms with Crippen LogP contribution in [0.3, 0.4) is 0 Å². The van der Waals surface area contributed by atoms with Gasteiger partial charge in [-0.15, -0.1) is 0 Å². The van der Waals surface area contributed by atoms with Crippen molar-refractivity contribution in [3.05, 3.63) is 389 Å². The Balaban J connectivity index is 0.998. The van der Waals surface area contributed by atoms with Crippen LogP contribution in [-0.2, 0) is 27.1 Å². The van der Waals surface area contributed by atoms with E-state index in [0.717, 1.165) is 169 Å². The minimum absolute atomic E-state index is 0.246. The summed E-state index contributed by atoms with van der Waals surface area (Å²) >= 11 is 0. The van der Waals surface area contributed by atoms with Gasteiger partial charge in [0.15, 0.2) is 0 Å². The van der Waals surface area contributed by atoms with Gasteiger partial charge in [0.1, 0.15) is 34.5 Å². The maximum absolute atomic E-state index is 7.47. The maximum Gasteiger partial charge on any atom is 0.252 e. The molecule has 6 heteroatoms. The molecule has 111 heavy (non-hydrogen) atoms. The summed E-state index contributed by atoms with van der Waals surface area (Å²) in [6.07, 6.45) is 0. The van der Waals surface area contributed by atoms with Crippen LogP contribution in [0.5, 0.6) is 34.5 Å². The molecule has 0 aliphatic carbocycles. The van der Waals surface area contributed by atoms with Gasteiger partial charge in [-0.2, -0.15) is 0 Å². The highest BCUT2D eigenvalue weighted by atomic mass is 16.5. The first-order valence-corrected chi connectivity index (χ1v) is 39.1. The second-order valence-electron chi connectivity index (χ2n) is 33.9. The van der Waals surface area contributed by atoms with Crippen molar-refractivity contribution in [2.24, 2.45) is 0 Å². The molecule has 0 atom stereocenters. The van der Waals surface area contributed by atoms with Gasteiger partial charge >= 0.3 is 0 Å². The summed E-state index contributed by atoms with van der Waals surface area (Å²) in [7, 11) is 0. The third-order valence-corrected chi connectivity index (χ3v) is 24.6. The molecule has 0 unspecified atom stereocenters. The van der Waals surface area contributed by atoms with E-state index in [1.807, 2.05) is 0 Å². The molecular formula is C105H85BN2O3. The zero-order valence-electron chi connectivity index (χ0n) is 64.5. The highest BCUT2D eigenvalue weighted by Gasteiger charge is 2.51. The van der Waals surface area contributed by atoms with Gasteiger partial charge in [0.25, 0.3) is 6.71 Å². The van der Waals surface area contributed by atoms with E-state index in [4.69, 9.17) is 14.2 Å². The number of rotatable bonds is 9. The van der Waals surface area contributed by atoms with Crippen LogP contribution in [0.4, 0.5) is 34.1 Å². The van der Waals surface area contributed by atoms with Crippen LogP contribution in [0.2, 0.25) is 0 Å². The molecule has 0 saturated heterocycles. The largest absolute Gasteiger partial charge is 0.457 e. The molecular weight excluding hydrogens is 1350 g/mol. The molecule has 5 heterocycles. The molecule has 0 radical (unpaired) electrons. The van der Waals surface area contributed by atoms with E-state index in [0.29, 0.717) is 0 Å². The van der Waals surface area contributed by atoms with Gasteiger partial charge < -0.3 is 24.0 Å². The monoisotopic (exact) mass is 1430 g/mol. The molecule has 0 aromatic heterocycles. The highest BCUT2D eigenvalue weighted by Crippen LogP contribution is 2.61. The molecule has 5 aliphatic heterocycles. The molecule has 0 spiro atoms. The molecule has 0 amide bonds. The van der Waals surface area contributed by atoms with E-state index in [-0.39, 0.29) is 17.5 Å². The molecule has 0 saturated carbocycles. The predicted molar refractivity (Wildman–Crippen MR) is 461 cm³/mol. The Morgan fingerprint density at radius 3 is 0.964 bits per heavy atom. The van der Waals surface area contributed by atoms with E-state index in [9.17, 15) is 0 Å². The molecule has 15 aromatic rings. The molecule has 15 aromatic carbocycles. The van der Waals surface area contributed by atoms with Crippen molar-refractivity contribution in [1.29, 1.82) is 0 Å². The number of fused-ring (bicyclic) bond motifs is 10. The average molecular weight is 1430 g/mol. The van der Waals surface area contributed by atoms with Crippen LogP contribution < -0.4 is 40.4 Å². The SMILES string of the molecule is CC(C)(C)c1cc(-c2ccccc2)c(N2c3cc4c(cc3B3c5cc6c(cc5N(c5c(-c7ccccc7)cc(C(C)(C)C)cc5-c5ccccc5)c5cc(-c7ccc8c(c7)C(c7ccccc7)(c7ccccc7)c7ccccc7O8)cc2c53)Oc2ccccc2C6(C)C)C(C)(C)c2ccccc2O4)c(-c2ccccc2)c1. The number of hydrogen-bond acceptors (Lipinski definition) is 5. The van der Waals surface area contributed by atoms with Crippen molar-refractivity contribution >= 4 is 57.2 Å². The molecule has 0 bridgehead atoms. The number of benzene rings is 15. The summed E-state index contributed by atoms with van der Waals surface area (Å²) in [6, 6.07) is 125. The van der Waals surface area contributed by atoms with Gasteiger partial charge in [-0.25, -0.2) is 0 Å². The molecule has 5 nitrogen and oxygen atoms in total. The summed E-state index contributed by atoms with van der Waals surface area (Å²) in [5.41, 5.74) is 30.0. The first-order valence-electron chi connectivity index (χ1n) is 39.1. The zero-order chi connectivity index (χ0) is 75.5. The van der Waals surface area contributed by atoms with E-state index < -0.39 is 16.2 Å². The number of hydrogen-bond donors (Lipinski definition) is 0. The zero-order valence-corrected chi connectivity index (χ0v) is 64.5. The number of para-hydroxylation sites is 3. The van der Waals surface area contributed by atoms with Crippen LogP contribution in [-0.4, -0.2) is 6.71 Å². The molecule has 0 fully saturated rings. The van der Waals surface area contributed by atoms with Crippen molar-refractivity contribution in [2.45, 2.75) is 96.3 Å². The smallest absolute Gasteiger partial charge is 0.252 e. The van der Waals surface area contributed by atoms with Gasteiger partial charge in [-0.3, -0.25) is 0 Å². The van der Waals surface area contributed by atoms with E-state index >= 15 is 0 Å². The Labute approximate surface area is 652 Å². The van der Waals surface area contributed by atoms with Gasteiger partial charge in [-0.1, -0.05) is 324 Å². The predicted octanol–water partition coefficient (Wildman–Crippen LogP) is 26.1. The topological polar surface area (TPSA) is 34.2 Å². The lowest BCUT2D eigenvalue weighted by Crippen LogP contribution is -2.62. The van der Waals surface area contributed by atoms with E-state index in [1.165, 1.54) is 27.5 Å². The van der Waals surface area contributed by atoms with E-state index in [2.05, 4.69) is 413 Å². The van der Waals surface area contributed by atoms with Crippen molar-refractivity contribution < 1.29 is 14.2 Å². The Morgan fingerprint density at radius 1 is 0.261 bits per heavy atom. The highest BCUT2D eigenvalue weighted by molar-refractivity contribution is 7.00. The Kier molecular flexibility index (Phi) is 15.4. The fourth-order valence-corrected chi connectivity index (χ4v) is 18.9. The van der Waals surface area contributed by atoms with Crippen LogP contribution >= 0.6 is 0 Å². The van der Waals surface area contributed by atoms with Gasteiger partial charge in [0.2, 0.25) is 0 Å².